The summed E-state index contributed by atoms with van der Waals surface area (Å²) in [6.07, 6.45) is 7.01. The highest BCUT2D eigenvalue weighted by Crippen LogP contribution is 2.38. The number of aromatic hydroxyl groups is 1. The second-order valence-electron chi connectivity index (χ2n) is 16.1. The molecule has 3 heterocycles. The molecule has 3 aromatic heterocycles. The Kier molecular flexibility index (Phi) is 29.5. The first-order valence-electron chi connectivity index (χ1n) is 27.5. The molecule has 9 rings (SSSR count). The van der Waals surface area contributed by atoms with Crippen molar-refractivity contribution < 1.29 is 19.5 Å². The molecule has 0 atom stereocenters. The third-order valence-corrected chi connectivity index (χ3v) is 12.1. The largest absolute Gasteiger partial charge is 0.507 e. The third kappa shape index (κ3) is 14.6. The maximum atomic E-state index is 11.7. The SMILES string of the molecule is CC.CC.CC.CC.CC.CCCCCCC.CCn1c2cccc(C)c2c2c(C(N)=O)cccc21.CCn1c2cccc(C)c2c2c(C(N)=O)cccc21.CCn1c2cccc(O)c2c2c(C(N)=O)cccc21. The van der Waals surface area contributed by atoms with Crippen LogP contribution in [-0.2, 0) is 19.6 Å². The van der Waals surface area contributed by atoms with E-state index in [0.717, 1.165) is 79.7 Å². The van der Waals surface area contributed by atoms with E-state index >= 15 is 0 Å². The Bertz CT molecular complexity index is 2820. The van der Waals surface area contributed by atoms with Crippen LogP contribution in [0.2, 0.25) is 0 Å². The predicted octanol–water partition coefficient (Wildman–Crippen LogP) is 17.2. The van der Waals surface area contributed by atoms with Crippen LogP contribution in [0.1, 0.15) is 178 Å². The highest BCUT2D eigenvalue weighted by Gasteiger charge is 2.19. The Hall–Kier alpha value is -7.07. The lowest BCUT2D eigenvalue weighted by molar-refractivity contribution is 0.0993. The van der Waals surface area contributed by atoms with Gasteiger partial charge in [0.05, 0.1) is 16.4 Å². The molecule has 0 bridgehead atoms. The van der Waals surface area contributed by atoms with Crippen molar-refractivity contribution >= 4 is 83.1 Å². The average Bonchev–Trinajstić information content (AvgIpc) is 4.08. The topological polar surface area (TPSA) is 164 Å². The van der Waals surface area contributed by atoms with Crippen LogP contribution in [0.15, 0.2) is 109 Å². The molecule has 9 aromatic rings. The van der Waals surface area contributed by atoms with Gasteiger partial charge in [-0.1, -0.05) is 164 Å². The molecule has 402 valence electrons. The molecule has 0 fully saturated rings. The summed E-state index contributed by atoms with van der Waals surface area (Å²) in [6.45, 7) is 37.4. The molecule has 0 aliphatic heterocycles. The van der Waals surface area contributed by atoms with Crippen LogP contribution in [0.25, 0.3) is 65.4 Å². The van der Waals surface area contributed by atoms with Gasteiger partial charge < -0.3 is 36.0 Å². The molecule has 0 saturated heterocycles. The van der Waals surface area contributed by atoms with Gasteiger partial charge in [-0.2, -0.15) is 0 Å². The fourth-order valence-corrected chi connectivity index (χ4v) is 9.20. The number of primary amides is 3. The number of hydrogen-bond donors (Lipinski definition) is 4. The zero-order chi connectivity index (χ0) is 56.2. The molecule has 3 amide bonds. The molecule has 10 nitrogen and oxygen atoms in total. The van der Waals surface area contributed by atoms with Crippen LogP contribution >= 0.6 is 0 Å². The summed E-state index contributed by atoms with van der Waals surface area (Å²) < 4.78 is 6.52. The van der Waals surface area contributed by atoms with Crippen LogP contribution in [0.5, 0.6) is 5.75 Å². The fraction of sp³-hybridized carbons (Fsp3) is 0.391. The number of nitrogens with two attached hydrogens (primary N) is 3. The number of aromatic nitrogens is 3. The van der Waals surface area contributed by atoms with E-state index in [2.05, 4.69) is 79.5 Å². The number of rotatable bonds is 10. The molecule has 0 aliphatic rings. The predicted molar refractivity (Wildman–Crippen MR) is 323 cm³/mol. The lowest BCUT2D eigenvalue weighted by Crippen LogP contribution is -2.11. The maximum absolute atomic E-state index is 11.7. The lowest BCUT2D eigenvalue weighted by atomic mass is 10.0. The number of benzene rings is 6. The van der Waals surface area contributed by atoms with Gasteiger partial charge in [0.15, 0.2) is 0 Å². The third-order valence-electron chi connectivity index (χ3n) is 12.1. The standard InChI is InChI=1S/2C16H16N2O.C15H14N2O2.C7H16.5C2H6/c2*1-3-18-12-8-4-6-10(2)14(12)15-11(16(17)19)7-5-9-13(15)18;1-2-17-10-6-3-5-9(15(16)19)13(10)14-11(17)7-4-8-12(14)18;1-3-5-7-6-4-2;5*1-2/h2*4-9H,3H2,1-2H3,(H2,17,19);3-8,18H,2H2,1H3,(H2,16,19);3-7H2,1-2H3;5*1-2H3. The molecule has 74 heavy (non-hydrogen) atoms. The fourth-order valence-electron chi connectivity index (χ4n) is 9.20. The Morgan fingerprint density at radius 3 is 0.878 bits per heavy atom. The van der Waals surface area contributed by atoms with Crippen LogP contribution < -0.4 is 17.2 Å². The summed E-state index contributed by atoms with van der Waals surface area (Å²) in [7, 11) is 0. The van der Waals surface area contributed by atoms with Crippen LogP contribution in [-0.4, -0.2) is 36.5 Å². The van der Waals surface area contributed by atoms with Gasteiger partial charge in [0, 0.05) is 85.3 Å². The molecule has 6 aromatic carbocycles. The molecular formula is C64H92N6O4. The molecule has 0 radical (unpaired) electrons. The van der Waals surface area contributed by atoms with Crippen molar-refractivity contribution in [2.45, 2.75) is 169 Å². The number of aryl methyl sites for hydroxylation is 5. The summed E-state index contributed by atoms with van der Waals surface area (Å²) in [5.41, 5.74) is 26.8. The molecule has 0 spiro atoms. The number of carbonyl (C=O) groups excluding carboxylic acids is 3. The quantitative estimate of drug-likeness (QED) is 0.100. The molecule has 0 saturated carbocycles. The zero-order valence-electron chi connectivity index (χ0n) is 48.3. The number of hydrogen-bond acceptors (Lipinski definition) is 4. The summed E-state index contributed by atoms with van der Waals surface area (Å²) in [4.78, 5) is 35.0. The summed E-state index contributed by atoms with van der Waals surface area (Å²) in [5.74, 6) is -1.06. The van der Waals surface area contributed by atoms with Crippen LogP contribution in [0.3, 0.4) is 0 Å². The minimum Gasteiger partial charge on any atom is -0.507 e. The van der Waals surface area contributed by atoms with E-state index in [1.807, 2.05) is 131 Å². The van der Waals surface area contributed by atoms with E-state index in [4.69, 9.17) is 17.2 Å². The Morgan fingerprint density at radius 1 is 0.365 bits per heavy atom. The van der Waals surface area contributed by atoms with Crippen molar-refractivity contribution in [3.63, 3.8) is 0 Å². The van der Waals surface area contributed by atoms with Crippen molar-refractivity contribution in [1.82, 2.24) is 13.7 Å². The first-order valence-corrected chi connectivity index (χ1v) is 27.5. The van der Waals surface area contributed by atoms with Gasteiger partial charge in [0.2, 0.25) is 17.7 Å². The van der Waals surface area contributed by atoms with Gasteiger partial charge in [-0.05, 0) is 106 Å². The minimum absolute atomic E-state index is 0.170. The van der Waals surface area contributed by atoms with Gasteiger partial charge in [-0.25, -0.2) is 0 Å². The van der Waals surface area contributed by atoms with Gasteiger partial charge in [0.25, 0.3) is 0 Å². The monoisotopic (exact) mass is 1010 g/mol. The summed E-state index contributed by atoms with van der Waals surface area (Å²) in [6, 6.07) is 34.7. The Morgan fingerprint density at radius 2 is 0.608 bits per heavy atom. The molecule has 7 N–H and O–H groups in total. The van der Waals surface area contributed by atoms with E-state index in [1.165, 1.54) is 43.2 Å². The van der Waals surface area contributed by atoms with Crippen molar-refractivity contribution in [3.05, 3.63) is 137 Å². The highest BCUT2D eigenvalue weighted by atomic mass is 16.3. The average molecular weight is 1010 g/mol. The van der Waals surface area contributed by atoms with Crippen LogP contribution in [0, 0.1) is 13.8 Å². The van der Waals surface area contributed by atoms with Gasteiger partial charge in [-0.15, -0.1) is 0 Å². The van der Waals surface area contributed by atoms with Crippen LogP contribution in [0.4, 0.5) is 0 Å². The first kappa shape index (κ1) is 64.9. The second kappa shape index (κ2) is 33.6. The number of phenols is 1. The van der Waals surface area contributed by atoms with Crippen molar-refractivity contribution in [2.24, 2.45) is 17.2 Å². The summed E-state index contributed by atoms with van der Waals surface area (Å²) in [5, 5.41) is 15.8. The number of unbranched alkanes of at least 4 members (excludes halogenated alkanes) is 4. The zero-order valence-corrected chi connectivity index (χ0v) is 48.3. The Labute approximate surface area is 443 Å². The number of amides is 3. The number of nitrogens with zero attached hydrogens (tertiary/aromatic N) is 3. The van der Waals surface area contributed by atoms with E-state index in [9.17, 15) is 19.5 Å². The molecule has 10 heteroatoms. The van der Waals surface area contributed by atoms with Gasteiger partial charge in [-0.3, -0.25) is 14.4 Å². The Balaban J connectivity index is 0.000000483. The molecular weight excluding hydrogens is 917 g/mol. The normalized spacial score (nSPS) is 9.96. The van der Waals surface area contributed by atoms with Gasteiger partial charge >= 0.3 is 0 Å². The van der Waals surface area contributed by atoms with Crippen molar-refractivity contribution in [1.29, 1.82) is 0 Å². The number of fused-ring (bicyclic) bond motifs is 9. The second-order valence-corrected chi connectivity index (χ2v) is 16.1. The van der Waals surface area contributed by atoms with E-state index < -0.39 is 5.91 Å². The molecule has 0 aliphatic carbocycles. The van der Waals surface area contributed by atoms with Gasteiger partial charge in [0.1, 0.15) is 5.75 Å². The van der Waals surface area contributed by atoms with Crippen molar-refractivity contribution in [3.8, 4) is 5.75 Å². The maximum Gasteiger partial charge on any atom is 0.249 e. The number of phenolic OH excluding ortho intramolecular Hbond substituents is 1. The van der Waals surface area contributed by atoms with E-state index in [0.29, 0.717) is 22.1 Å². The first-order chi connectivity index (χ1) is 35.9. The van der Waals surface area contributed by atoms with E-state index in [1.54, 1.807) is 30.3 Å². The lowest BCUT2D eigenvalue weighted by Gasteiger charge is -2.03. The smallest absolute Gasteiger partial charge is 0.249 e. The molecule has 0 unspecified atom stereocenters. The van der Waals surface area contributed by atoms with E-state index in [-0.39, 0.29) is 17.6 Å². The van der Waals surface area contributed by atoms with Crippen molar-refractivity contribution in [2.75, 3.05) is 0 Å². The summed E-state index contributed by atoms with van der Waals surface area (Å²) >= 11 is 0. The highest BCUT2D eigenvalue weighted by molar-refractivity contribution is 6.21. The minimum atomic E-state index is -0.482. The number of carbonyl (C=O) groups is 3.